The zero-order chi connectivity index (χ0) is 18.2. The summed E-state index contributed by atoms with van der Waals surface area (Å²) in [7, 11) is -2.26. The Hall–Kier alpha value is -2.06. The van der Waals surface area contributed by atoms with Crippen molar-refractivity contribution < 1.29 is 17.9 Å². The summed E-state index contributed by atoms with van der Waals surface area (Å²) in [4.78, 5) is 11.8. The van der Waals surface area contributed by atoms with Crippen molar-refractivity contribution in [2.24, 2.45) is 5.73 Å². The topological polar surface area (TPSA) is 89.7 Å². The van der Waals surface area contributed by atoms with Crippen LogP contribution < -0.4 is 14.8 Å². The summed E-state index contributed by atoms with van der Waals surface area (Å²) in [5.41, 5.74) is 6.98. The number of ether oxygens (including phenoxy) is 1. The first-order valence-electron chi connectivity index (χ1n) is 7.64. The van der Waals surface area contributed by atoms with E-state index in [9.17, 15) is 13.2 Å². The zero-order valence-electron chi connectivity index (χ0n) is 13.5. The van der Waals surface area contributed by atoms with Crippen molar-refractivity contribution in [2.45, 2.75) is 17.7 Å². The maximum absolute atomic E-state index is 13.1. The van der Waals surface area contributed by atoms with Gasteiger partial charge in [-0.15, -0.1) is 0 Å². The molecule has 0 aromatic heterocycles. The molecular formula is C17H17BrN2O4S. The minimum absolute atomic E-state index is 0.150. The number of fused-ring (bicyclic) bond motifs is 1. The molecule has 0 saturated carbocycles. The standard InChI is InChI=1S/C17H17BrN2O4S/c1-24-16-8-7-11(10-14(16)18)25(22,23)20-9-3-5-12-13(17(19)21)4-2-6-15(12)20/h2,4,6-8,10H,3,5,9H2,1H3,(H2,19,21). The second-order valence-electron chi connectivity index (χ2n) is 5.64. The van der Waals surface area contributed by atoms with Crippen molar-refractivity contribution in [3.05, 3.63) is 52.0 Å². The molecular weight excluding hydrogens is 408 g/mol. The normalized spacial score (nSPS) is 14.1. The van der Waals surface area contributed by atoms with Gasteiger partial charge >= 0.3 is 0 Å². The maximum Gasteiger partial charge on any atom is 0.264 e. The summed E-state index contributed by atoms with van der Waals surface area (Å²) in [6.45, 7) is 0.348. The molecule has 0 bridgehead atoms. The molecule has 2 aromatic rings. The fraction of sp³-hybridized carbons (Fsp3) is 0.235. The molecule has 0 aliphatic carbocycles. The van der Waals surface area contributed by atoms with Crippen LogP contribution in [-0.4, -0.2) is 28.0 Å². The van der Waals surface area contributed by atoms with Crippen LogP contribution >= 0.6 is 15.9 Å². The van der Waals surface area contributed by atoms with E-state index in [0.717, 1.165) is 0 Å². The molecule has 25 heavy (non-hydrogen) atoms. The highest BCUT2D eigenvalue weighted by Crippen LogP contribution is 2.35. The van der Waals surface area contributed by atoms with E-state index < -0.39 is 15.9 Å². The largest absolute Gasteiger partial charge is 0.496 e. The quantitative estimate of drug-likeness (QED) is 0.816. The van der Waals surface area contributed by atoms with Crippen LogP contribution in [0.1, 0.15) is 22.3 Å². The van der Waals surface area contributed by atoms with Gasteiger partial charge in [-0.2, -0.15) is 0 Å². The first-order valence-corrected chi connectivity index (χ1v) is 9.87. The number of sulfonamides is 1. The van der Waals surface area contributed by atoms with Crippen LogP contribution in [0.4, 0.5) is 5.69 Å². The maximum atomic E-state index is 13.1. The Kier molecular flexibility index (Phi) is 4.75. The molecule has 6 nitrogen and oxygen atoms in total. The molecule has 0 spiro atoms. The van der Waals surface area contributed by atoms with Crippen LogP contribution in [-0.2, 0) is 16.4 Å². The van der Waals surface area contributed by atoms with E-state index in [2.05, 4.69) is 15.9 Å². The van der Waals surface area contributed by atoms with E-state index in [1.165, 1.54) is 23.5 Å². The number of rotatable bonds is 4. The fourth-order valence-electron chi connectivity index (χ4n) is 3.01. The third-order valence-electron chi connectivity index (χ3n) is 4.18. The van der Waals surface area contributed by atoms with Crippen molar-refractivity contribution in [3.63, 3.8) is 0 Å². The molecule has 0 radical (unpaired) electrons. The van der Waals surface area contributed by atoms with Gasteiger partial charge in [0.1, 0.15) is 5.75 Å². The molecule has 3 rings (SSSR count). The lowest BCUT2D eigenvalue weighted by atomic mass is 9.97. The van der Waals surface area contributed by atoms with Crippen molar-refractivity contribution >= 4 is 37.5 Å². The number of anilines is 1. The van der Waals surface area contributed by atoms with Gasteiger partial charge in [-0.1, -0.05) is 6.07 Å². The average molecular weight is 425 g/mol. The molecule has 1 aliphatic heterocycles. The van der Waals surface area contributed by atoms with Crippen molar-refractivity contribution in [2.75, 3.05) is 18.0 Å². The van der Waals surface area contributed by atoms with Gasteiger partial charge in [-0.25, -0.2) is 8.42 Å². The number of halogens is 1. The lowest BCUT2D eigenvalue weighted by Gasteiger charge is -2.31. The van der Waals surface area contributed by atoms with Gasteiger partial charge in [0, 0.05) is 12.1 Å². The van der Waals surface area contributed by atoms with E-state index in [-0.39, 0.29) is 4.90 Å². The number of amides is 1. The minimum atomic E-state index is -3.77. The van der Waals surface area contributed by atoms with E-state index in [1.807, 2.05) is 0 Å². The summed E-state index contributed by atoms with van der Waals surface area (Å²) in [6, 6.07) is 9.60. The molecule has 0 unspecified atom stereocenters. The first-order chi connectivity index (χ1) is 11.9. The number of nitrogens with two attached hydrogens (primary N) is 1. The predicted octanol–water partition coefficient (Wildman–Crippen LogP) is 2.70. The number of hydrogen-bond donors (Lipinski definition) is 1. The Morgan fingerprint density at radius 2 is 2.04 bits per heavy atom. The zero-order valence-corrected chi connectivity index (χ0v) is 15.9. The van der Waals surface area contributed by atoms with E-state index >= 15 is 0 Å². The van der Waals surface area contributed by atoms with Gasteiger partial charge in [-0.3, -0.25) is 9.10 Å². The smallest absolute Gasteiger partial charge is 0.264 e. The summed E-state index contributed by atoms with van der Waals surface area (Å²) in [5, 5.41) is 0. The predicted molar refractivity (Wildman–Crippen MR) is 98.5 cm³/mol. The third-order valence-corrected chi connectivity index (χ3v) is 6.61. The molecule has 132 valence electrons. The average Bonchev–Trinajstić information content (AvgIpc) is 2.60. The molecule has 0 atom stereocenters. The Balaban J connectivity index is 2.10. The van der Waals surface area contributed by atoms with Crippen LogP contribution in [0.25, 0.3) is 0 Å². The van der Waals surface area contributed by atoms with Gasteiger partial charge in [0.05, 0.1) is 22.2 Å². The van der Waals surface area contributed by atoms with Gasteiger partial charge in [-0.05, 0) is 64.7 Å². The Bertz CT molecular complexity index is 944. The third kappa shape index (κ3) is 3.11. The second-order valence-corrected chi connectivity index (χ2v) is 8.36. The highest BCUT2D eigenvalue weighted by molar-refractivity contribution is 9.10. The SMILES string of the molecule is COc1ccc(S(=O)(=O)N2CCCc3c(C(N)=O)cccc32)cc1Br. The van der Waals surface area contributed by atoms with E-state index in [1.54, 1.807) is 24.3 Å². The van der Waals surface area contributed by atoms with Gasteiger partial charge in [0.2, 0.25) is 5.91 Å². The fourth-order valence-corrected chi connectivity index (χ4v) is 5.26. The number of methoxy groups -OCH3 is 1. The van der Waals surface area contributed by atoms with E-state index in [4.69, 9.17) is 10.5 Å². The molecule has 0 fully saturated rings. The second kappa shape index (κ2) is 6.68. The molecule has 0 saturated heterocycles. The highest BCUT2D eigenvalue weighted by Gasteiger charge is 2.31. The van der Waals surface area contributed by atoms with Crippen LogP contribution in [0.3, 0.4) is 0 Å². The Morgan fingerprint density at radius 1 is 1.28 bits per heavy atom. The van der Waals surface area contributed by atoms with Gasteiger partial charge < -0.3 is 10.5 Å². The van der Waals surface area contributed by atoms with Crippen LogP contribution in [0.5, 0.6) is 5.75 Å². The summed E-state index contributed by atoms with van der Waals surface area (Å²) < 4.78 is 33.3. The van der Waals surface area contributed by atoms with E-state index in [0.29, 0.717) is 46.4 Å². The molecule has 1 aliphatic rings. The Morgan fingerprint density at radius 3 is 2.68 bits per heavy atom. The lowest BCUT2D eigenvalue weighted by Crippen LogP contribution is -2.36. The summed E-state index contributed by atoms with van der Waals surface area (Å²) in [6.07, 6.45) is 1.24. The van der Waals surface area contributed by atoms with Crippen molar-refractivity contribution in [1.82, 2.24) is 0 Å². The molecule has 1 amide bonds. The monoisotopic (exact) mass is 424 g/mol. The minimum Gasteiger partial charge on any atom is -0.496 e. The van der Waals surface area contributed by atoms with Crippen LogP contribution in [0.15, 0.2) is 45.8 Å². The number of primary amides is 1. The molecule has 1 heterocycles. The number of nitrogens with zero attached hydrogens (tertiary/aromatic N) is 1. The van der Waals surface area contributed by atoms with Crippen LogP contribution in [0, 0.1) is 0 Å². The lowest BCUT2D eigenvalue weighted by molar-refractivity contribution is 0.0999. The molecule has 2 N–H and O–H groups in total. The number of carbonyl (C=O) groups excluding carboxylic acids is 1. The summed E-state index contributed by atoms with van der Waals surface area (Å²) in [5.74, 6) is -0.00250. The van der Waals surface area contributed by atoms with Crippen LogP contribution in [0.2, 0.25) is 0 Å². The number of hydrogen-bond acceptors (Lipinski definition) is 4. The van der Waals surface area contributed by atoms with Crippen molar-refractivity contribution in [1.29, 1.82) is 0 Å². The van der Waals surface area contributed by atoms with Gasteiger partial charge in [0.25, 0.3) is 10.0 Å². The number of carbonyl (C=O) groups is 1. The van der Waals surface area contributed by atoms with Crippen molar-refractivity contribution in [3.8, 4) is 5.75 Å². The molecule has 2 aromatic carbocycles. The highest BCUT2D eigenvalue weighted by atomic mass is 79.9. The number of benzene rings is 2. The first kappa shape index (κ1) is 17.8. The Labute approximate surface area is 154 Å². The summed E-state index contributed by atoms with van der Waals surface area (Å²) >= 11 is 3.32. The molecule has 8 heteroatoms. The van der Waals surface area contributed by atoms with Gasteiger partial charge in [0.15, 0.2) is 0 Å².